The molecule has 0 fully saturated rings. The molecule has 0 aliphatic carbocycles. The van der Waals surface area contributed by atoms with Crippen LogP contribution in [0.4, 0.5) is 0 Å². The minimum atomic E-state index is -1.01. The number of carboxylic acid groups (broad SMARTS) is 1. The van der Waals surface area contributed by atoms with Gasteiger partial charge in [0.05, 0.1) is 7.11 Å². The molecule has 3 rings (SSSR count). The van der Waals surface area contributed by atoms with Crippen LogP contribution in [0.15, 0.2) is 78.9 Å². The average Bonchev–Trinajstić information content (AvgIpc) is 2.72. The topological polar surface area (TPSA) is 55.8 Å². The van der Waals surface area contributed by atoms with Crippen LogP contribution < -0.4 is 9.47 Å². The lowest BCUT2D eigenvalue weighted by molar-refractivity contribution is -0.131. The zero-order chi connectivity index (χ0) is 19.9. The molecule has 3 aromatic carbocycles. The number of hydrogen-bond donors (Lipinski definition) is 1. The van der Waals surface area contributed by atoms with E-state index in [0.717, 1.165) is 16.7 Å². The standard InChI is InChI=1S/C23H19ClO4/c1-27-22-12-7-17(21(14-23(25)26)16-5-3-2-4-6-16)13-18(22)15-28-20-10-8-19(24)9-11-20/h2-14H,15H2,1H3,(H,25,26)/b21-14+. The highest BCUT2D eigenvalue weighted by atomic mass is 35.5. The summed E-state index contributed by atoms with van der Waals surface area (Å²) in [6, 6.07) is 22.0. The van der Waals surface area contributed by atoms with Gasteiger partial charge in [-0.3, -0.25) is 0 Å². The summed E-state index contributed by atoms with van der Waals surface area (Å²) in [7, 11) is 1.59. The van der Waals surface area contributed by atoms with Crippen LogP contribution in [-0.4, -0.2) is 18.2 Å². The largest absolute Gasteiger partial charge is 0.496 e. The van der Waals surface area contributed by atoms with E-state index in [2.05, 4.69) is 0 Å². The fourth-order valence-electron chi connectivity index (χ4n) is 2.83. The predicted octanol–water partition coefficient (Wildman–Crippen LogP) is 5.44. The third-order valence-corrected chi connectivity index (χ3v) is 4.40. The molecule has 0 aliphatic heterocycles. The maximum Gasteiger partial charge on any atom is 0.328 e. The summed E-state index contributed by atoms with van der Waals surface area (Å²) in [4.78, 5) is 11.4. The Bertz CT molecular complexity index is 979. The van der Waals surface area contributed by atoms with Gasteiger partial charge in [0.2, 0.25) is 0 Å². The first-order chi connectivity index (χ1) is 13.6. The maximum absolute atomic E-state index is 11.4. The van der Waals surface area contributed by atoms with Crippen molar-refractivity contribution < 1.29 is 19.4 Å². The lowest BCUT2D eigenvalue weighted by Crippen LogP contribution is -2.01. The fourth-order valence-corrected chi connectivity index (χ4v) is 2.95. The summed E-state index contributed by atoms with van der Waals surface area (Å²) in [5.41, 5.74) is 3.01. The normalized spacial score (nSPS) is 11.1. The number of hydrogen-bond acceptors (Lipinski definition) is 3. The van der Waals surface area contributed by atoms with Crippen molar-refractivity contribution in [1.29, 1.82) is 0 Å². The van der Waals surface area contributed by atoms with Crippen molar-refractivity contribution in [2.24, 2.45) is 0 Å². The first-order valence-corrected chi connectivity index (χ1v) is 9.00. The van der Waals surface area contributed by atoms with Crippen molar-refractivity contribution in [2.45, 2.75) is 6.61 Å². The van der Waals surface area contributed by atoms with Crippen LogP contribution in [0.1, 0.15) is 16.7 Å². The quantitative estimate of drug-likeness (QED) is 0.542. The van der Waals surface area contributed by atoms with Crippen LogP contribution in [0.5, 0.6) is 11.5 Å². The number of rotatable bonds is 7. The van der Waals surface area contributed by atoms with E-state index in [4.69, 9.17) is 21.1 Å². The molecule has 0 amide bonds. The Hall–Kier alpha value is -3.24. The lowest BCUT2D eigenvalue weighted by atomic mass is 9.96. The Labute approximate surface area is 168 Å². The fraction of sp³-hybridized carbons (Fsp3) is 0.0870. The number of aliphatic carboxylic acids is 1. The van der Waals surface area contributed by atoms with E-state index in [1.165, 1.54) is 6.08 Å². The monoisotopic (exact) mass is 394 g/mol. The Balaban J connectivity index is 1.94. The van der Waals surface area contributed by atoms with Crippen molar-refractivity contribution >= 4 is 23.1 Å². The molecule has 0 aromatic heterocycles. The first-order valence-electron chi connectivity index (χ1n) is 8.62. The molecule has 0 aliphatic rings. The third-order valence-electron chi connectivity index (χ3n) is 4.15. The maximum atomic E-state index is 11.4. The van der Waals surface area contributed by atoms with Gasteiger partial charge >= 0.3 is 5.97 Å². The summed E-state index contributed by atoms with van der Waals surface area (Å²) in [6.07, 6.45) is 1.21. The highest BCUT2D eigenvalue weighted by Crippen LogP contribution is 2.29. The molecule has 0 saturated heterocycles. The molecule has 3 aromatic rings. The van der Waals surface area contributed by atoms with E-state index >= 15 is 0 Å². The SMILES string of the molecule is COc1ccc(/C(=C/C(=O)O)c2ccccc2)cc1COc1ccc(Cl)cc1. The molecule has 5 heteroatoms. The van der Waals surface area contributed by atoms with Gasteiger partial charge in [0.25, 0.3) is 0 Å². The molecule has 142 valence electrons. The molecule has 1 N–H and O–H groups in total. The van der Waals surface area contributed by atoms with Gasteiger partial charge < -0.3 is 14.6 Å². The smallest absolute Gasteiger partial charge is 0.328 e. The van der Waals surface area contributed by atoms with Crippen LogP contribution in [0.2, 0.25) is 5.02 Å². The number of carbonyl (C=O) groups is 1. The van der Waals surface area contributed by atoms with Gasteiger partial charge in [0, 0.05) is 16.7 Å². The Morgan fingerprint density at radius 3 is 2.36 bits per heavy atom. The zero-order valence-electron chi connectivity index (χ0n) is 15.3. The van der Waals surface area contributed by atoms with Gasteiger partial charge in [0.15, 0.2) is 0 Å². The molecule has 4 nitrogen and oxygen atoms in total. The van der Waals surface area contributed by atoms with Gasteiger partial charge in [-0.2, -0.15) is 0 Å². The minimum Gasteiger partial charge on any atom is -0.496 e. The molecule has 0 atom stereocenters. The number of benzene rings is 3. The lowest BCUT2D eigenvalue weighted by Gasteiger charge is -2.14. The van der Waals surface area contributed by atoms with Crippen LogP contribution >= 0.6 is 11.6 Å². The summed E-state index contributed by atoms with van der Waals surface area (Å²) in [6.45, 7) is 0.272. The molecule has 0 bridgehead atoms. The van der Waals surface area contributed by atoms with Gasteiger partial charge in [-0.15, -0.1) is 0 Å². The van der Waals surface area contributed by atoms with Crippen molar-refractivity contribution in [1.82, 2.24) is 0 Å². The van der Waals surface area contributed by atoms with Crippen molar-refractivity contribution in [3.8, 4) is 11.5 Å². The van der Waals surface area contributed by atoms with Gasteiger partial charge in [-0.1, -0.05) is 48.0 Å². The van der Waals surface area contributed by atoms with E-state index in [-0.39, 0.29) is 6.61 Å². The van der Waals surface area contributed by atoms with E-state index in [9.17, 15) is 9.90 Å². The average molecular weight is 395 g/mol. The van der Waals surface area contributed by atoms with Crippen molar-refractivity contribution in [2.75, 3.05) is 7.11 Å². The molecule has 0 saturated carbocycles. The van der Waals surface area contributed by atoms with Gasteiger partial charge in [-0.25, -0.2) is 4.79 Å². The van der Waals surface area contributed by atoms with E-state index in [1.54, 1.807) is 31.4 Å². The number of ether oxygens (including phenoxy) is 2. The number of carboxylic acids is 1. The minimum absolute atomic E-state index is 0.272. The van der Waals surface area contributed by atoms with Crippen LogP contribution in [0.3, 0.4) is 0 Å². The summed E-state index contributed by atoms with van der Waals surface area (Å²) in [5.74, 6) is 0.343. The second-order valence-corrected chi connectivity index (χ2v) is 6.47. The molecule has 28 heavy (non-hydrogen) atoms. The number of methoxy groups -OCH3 is 1. The van der Waals surface area contributed by atoms with E-state index < -0.39 is 5.97 Å². The van der Waals surface area contributed by atoms with Crippen molar-refractivity contribution in [3.63, 3.8) is 0 Å². The summed E-state index contributed by atoms with van der Waals surface area (Å²) in [5, 5.41) is 9.95. The molecule has 0 heterocycles. The summed E-state index contributed by atoms with van der Waals surface area (Å²) >= 11 is 5.90. The van der Waals surface area contributed by atoms with E-state index in [1.807, 2.05) is 48.5 Å². The Morgan fingerprint density at radius 1 is 1.00 bits per heavy atom. The molecule has 0 radical (unpaired) electrons. The molecule has 0 spiro atoms. The second-order valence-electron chi connectivity index (χ2n) is 6.03. The second kappa shape index (κ2) is 9.11. The van der Waals surface area contributed by atoms with E-state index in [0.29, 0.717) is 22.1 Å². The first kappa shape index (κ1) is 19.5. The molecule has 0 unspecified atom stereocenters. The highest BCUT2D eigenvalue weighted by molar-refractivity contribution is 6.30. The molecular weight excluding hydrogens is 376 g/mol. The Kier molecular flexibility index (Phi) is 6.35. The zero-order valence-corrected chi connectivity index (χ0v) is 16.0. The Morgan fingerprint density at radius 2 is 1.71 bits per heavy atom. The van der Waals surface area contributed by atoms with Gasteiger partial charge in [0.1, 0.15) is 18.1 Å². The highest BCUT2D eigenvalue weighted by Gasteiger charge is 2.12. The van der Waals surface area contributed by atoms with Crippen molar-refractivity contribution in [3.05, 3.63) is 101 Å². The van der Waals surface area contributed by atoms with Crippen LogP contribution in [0, 0.1) is 0 Å². The van der Waals surface area contributed by atoms with Crippen LogP contribution in [-0.2, 0) is 11.4 Å². The predicted molar refractivity (Wildman–Crippen MR) is 110 cm³/mol. The van der Waals surface area contributed by atoms with Crippen LogP contribution in [0.25, 0.3) is 5.57 Å². The van der Waals surface area contributed by atoms with Gasteiger partial charge in [-0.05, 0) is 53.1 Å². The third kappa shape index (κ3) is 4.93. The molecular formula is C23H19ClO4. The summed E-state index contributed by atoms with van der Waals surface area (Å²) < 4.78 is 11.3. The number of halogens is 1.